The van der Waals surface area contributed by atoms with Crippen LogP contribution < -0.4 is 27.0 Å². The van der Waals surface area contributed by atoms with E-state index in [0.717, 1.165) is 25.8 Å². The molecule has 2 aliphatic rings. The molecule has 0 radical (unpaired) electrons. The van der Waals surface area contributed by atoms with Crippen LogP contribution in [0.2, 0.25) is 0 Å². The first-order valence-corrected chi connectivity index (χ1v) is 9.04. The summed E-state index contributed by atoms with van der Waals surface area (Å²) in [6.07, 6.45) is 4.55. The maximum atomic E-state index is 11.9. The van der Waals surface area contributed by atoms with Gasteiger partial charge in [-0.3, -0.25) is 4.79 Å². The quantitative estimate of drug-likeness (QED) is 0.269. The molecule has 2 saturated heterocycles. The second kappa shape index (κ2) is 9.57. The third-order valence-corrected chi connectivity index (χ3v) is 4.83. The van der Waals surface area contributed by atoms with Crippen LogP contribution in [0.4, 0.5) is 4.79 Å². The number of unbranched alkanes of at least 4 members (excludes halogenated alkanes) is 2. The molecule has 4 atom stereocenters. The summed E-state index contributed by atoms with van der Waals surface area (Å²) < 4.78 is 0. The van der Waals surface area contributed by atoms with Crippen molar-refractivity contribution in [1.82, 2.24) is 21.3 Å². The standard InChI is InChI=1S/C16H29N5O4/c17-8-4-3-6-11(15(23)24)19-13(22)7-2-1-5-10-14-12(9-18-10)20-16(25)21-14/h10-12,14,18H,1-9,17H2,(H,19,22)(H,23,24)(H2,20,21,25). The minimum Gasteiger partial charge on any atom is -0.480 e. The number of carboxylic acids is 1. The van der Waals surface area contributed by atoms with Crippen molar-refractivity contribution in [3.05, 3.63) is 0 Å². The molecule has 9 nitrogen and oxygen atoms in total. The monoisotopic (exact) mass is 355 g/mol. The molecule has 0 aliphatic carbocycles. The molecular weight excluding hydrogens is 326 g/mol. The van der Waals surface area contributed by atoms with E-state index in [9.17, 15) is 14.4 Å². The van der Waals surface area contributed by atoms with Gasteiger partial charge in [0.1, 0.15) is 6.04 Å². The van der Waals surface area contributed by atoms with Crippen molar-refractivity contribution in [3.8, 4) is 0 Å². The highest BCUT2D eigenvalue weighted by atomic mass is 16.4. The van der Waals surface area contributed by atoms with Gasteiger partial charge >= 0.3 is 12.0 Å². The molecule has 2 heterocycles. The fourth-order valence-corrected chi connectivity index (χ4v) is 3.46. The Kier molecular flexibility index (Phi) is 7.45. The number of nitrogens with two attached hydrogens (primary N) is 1. The van der Waals surface area contributed by atoms with Gasteiger partial charge < -0.3 is 32.1 Å². The Morgan fingerprint density at radius 1 is 1.24 bits per heavy atom. The Morgan fingerprint density at radius 2 is 2.04 bits per heavy atom. The number of nitrogens with one attached hydrogen (secondary N) is 4. The molecule has 0 aromatic rings. The molecule has 2 rings (SSSR count). The zero-order chi connectivity index (χ0) is 18.2. The summed E-state index contributed by atoms with van der Waals surface area (Å²) in [6, 6.07) is -0.479. The van der Waals surface area contributed by atoms with E-state index in [0.29, 0.717) is 32.2 Å². The smallest absolute Gasteiger partial charge is 0.326 e. The van der Waals surface area contributed by atoms with Crippen molar-refractivity contribution in [2.45, 2.75) is 69.1 Å². The van der Waals surface area contributed by atoms with Crippen LogP contribution in [0.3, 0.4) is 0 Å². The van der Waals surface area contributed by atoms with Gasteiger partial charge in [-0.25, -0.2) is 9.59 Å². The molecule has 7 N–H and O–H groups in total. The Morgan fingerprint density at radius 3 is 2.76 bits per heavy atom. The van der Waals surface area contributed by atoms with Crippen molar-refractivity contribution >= 4 is 17.9 Å². The van der Waals surface area contributed by atoms with Crippen molar-refractivity contribution in [1.29, 1.82) is 0 Å². The van der Waals surface area contributed by atoms with Crippen molar-refractivity contribution in [2.75, 3.05) is 13.1 Å². The first kappa shape index (κ1) is 19.5. The van der Waals surface area contributed by atoms with Gasteiger partial charge in [-0.1, -0.05) is 6.42 Å². The molecule has 0 bridgehead atoms. The first-order chi connectivity index (χ1) is 12.0. The second-order valence-electron chi connectivity index (χ2n) is 6.75. The van der Waals surface area contributed by atoms with E-state index < -0.39 is 12.0 Å². The SMILES string of the molecule is NCCCCC(NC(=O)CCCCC1NCC2NC(=O)NC12)C(=O)O. The number of amides is 3. The summed E-state index contributed by atoms with van der Waals surface area (Å²) >= 11 is 0. The largest absolute Gasteiger partial charge is 0.480 e. The van der Waals surface area contributed by atoms with Crippen LogP contribution >= 0.6 is 0 Å². The molecule has 3 amide bonds. The van der Waals surface area contributed by atoms with Crippen molar-refractivity contribution in [3.63, 3.8) is 0 Å². The first-order valence-electron chi connectivity index (χ1n) is 9.04. The summed E-state index contributed by atoms with van der Waals surface area (Å²) in [5.41, 5.74) is 5.40. The van der Waals surface area contributed by atoms with Crippen LogP contribution in [0, 0.1) is 0 Å². The lowest BCUT2D eigenvalue weighted by Gasteiger charge is -2.17. The van der Waals surface area contributed by atoms with E-state index in [4.69, 9.17) is 10.8 Å². The number of urea groups is 1. The number of carboxylic acid groups (broad SMARTS) is 1. The van der Waals surface area contributed by atoms with Crippen LogP contribution in [0.5, 0.6) is 0 Å². The molecule has 2 fully saturated rings. The van der Waals surface area contributed by atoms with Gasteiger partial charge in [0.2, 0.25) is 5.91 Å². The number of hydrogen-bond donors (Lipinski definition) is 6. The van der Waals surface area contributed by atoms with E-state index in [2.05, 4.69) is 21.3 Å². The highest BCUT2D eigenvalue weighted by molar-refractivity contribution is 5.83. The molecule has 0 aromatic heterocycles. The number of hydrogen-bond acceptors (Lipinski definition) is 5. The van der Waals surface area contributed by atoms with Gasteiger partial charge in [0.05, 0.1) is 12.1 Å². The minimum absolute atomic E-state index is 0.111. The Hall–Kier alpha value is -1.87. The highest BCUT2D eigenvalue weighted by Gasteiger charge is 2.41. The Balaban J connectivity index is 1.61. The van der Waals surface area contributed by atoms with Crippen LogP contribution in [0.15, 0.2) is 0 Å². The molecule has 142 valence electrons. The van der Waals surface area contributed by atoms with Gasteiger partial charge in [-0.05, 0) is 38.6 Å². The molecule has 0 aromatic carbocycles. The third kappa shape index (κ3) is 5.86. The van der Waals surface area contributed by atoms with E-state index in [1.54, 1.807) is 0 Å². The lowest BCUT2D eigenvalue weighted by Crippen LogP contribution is -2.41. The topological polar surface area (TPSA) is 146 Å². The van der Waals surface area contributed by atoms with E-state index >= 15 is 0 Å². The van der Waals surface area contributed by atoms with Crippen LogP contribution in [0.1, 0.15) is 44.9 Å². The van der Waals surface area contributed by atoms with Gasteiger partial charge in [-0.15, -0.1) is 0 Å². The predicted molar refractivity (Wildman–Crippen MR) is 92.0 cm³/mol. The van der Waals surface area contributed by atoms with Gasteiger partial charge in [-0.2, -0.15) is 0 Å². The maximum absolute atomic E-state index is 11.9. The van der Waals surface area contributed by atoms with Gasteiger partial charge in [0.25, 0.3) is 0 Å². The summed E-state index contributed by atoms with van der Waals surface area (Å²) in [5, 5.41) is 20.9. The maximum Gasteiger partial charge on any atom is 0.326 e. The van der Waals surface area contributed by atoms with E-state index in [1.807, 2.05) is 0 Å². The van der Waals surface area contributed by atoms with Crippen LogP contribution in [0.25, 0.3) is 0 Å². The van der Waals surface area contributed by atoms with Crippen LogP contribution in [-0.2, 0) is 9.59 Å². The molecule has 4 unspecified atom stereocenters. The zero-order valence-electron chi connectivity index (χ0n) is 14.4. The lowest BCUT2D eigenvalue weighted by molar-refractivity contribution is -0.142. The van der Waals surface area contributed by atoms with Crippen molar-refractivity contribution < 1.29 is 19.5 Å². The summed E-state index contributed by atoms with van der Waals surface area (Å²) in [5.74, 6) is -1.23. The zero-order valence-corrected chi connectivity index (χ0v) is 14.4. The second-order valence-corrected chi connectivity index (χ2v) is 6.75. The molecule has 9 heteroatoms. The third-order valence-electron chi connectivity index (χ3n) is 4.83. The van der Waals surface area contributed by atoms with Gasteiger partial charge in [0, 0.05) is 19.0 Å². The predicted octanol–water partition coefficient (Wildman–Crippen LogP) is -0.733. The Bertz CT molecular complexity index is 487. The van der Waals surface area contributed by atoms with E-state index in [1.165, 1.54) is 0 Å². The summed E-state index contributed by atoms with van der Waals surface area (Å²) in [4.78, 5) is 34.4. The number of fused-ring (bicyclic) bond motifs is 1. The fraction of sp³-hybridized carbons (Fsp3) is 0.812. The summed E-state index contributed by atoms with van der Waals surface area (Å²) in [6.45, 7) is 1.28. The number of aliphatic carboxylic acids is 1. The number of rotatable bonds is 11. The van der Waals surface area contributed by atoms with Crippen LogP contribution in [-0.4, -0.2) is 60.3 Å². The number of carbonyl (C=O) groups excluding carboxylic acids is 2. The number of carbonyl (C=O) groups is 3. The van der Waals surface area contributed by atoms with Gasteiger partial charge in [0.15, 0.2) is 0 Å². The summed E-state index contributed by atoms with van der Waals surface area (Å²) in [7, 11) is 0. The molecule has 25 heavy (non-hydrogen) atoms. The average Bonchev–Trinajstić information content (AvgIpc) is 3.10. The molecule has 0 saturated carbocycles. The fourth-order valence-electron chi connectivity index (χ4n) is 3.46. The van der Waals surface area contributed by atoms with Crippen molar-refractivity contribution in [2.24, 2.45) is 5.73 Å². The highest BCUT2D eigenvalue weighted by Crippen LogP contribution is 2.18. The lowest BCUT2D eigenvalue weighted by atomic mass is 10.0. The van der Waals surface area contributed by atoms with E-state index in [-0.39, 0.29) is 30.1 Å². The Labute approximate surface area is 147 Å². The molecule has 2 aliphatic heterocycles. The average molecular weight is 355 g/mol. The molecule has 0 spiro atoms. The molecular formula is C16H29N5O4. The normalized spacial score (nSPS) is 25.8. The minimum atomic E-state index is -1.00.